The number of carbonyl (C=O) groups excluding carboxylic acids is 2. The van der Waals surface area contributed by atoms with Crippen molar-refractivity contribution < 1.29 is 42.2 Å². The molecule has 5 rings (SSSR count). The van der Waals surface area contributed by atoms with Crippen LogP contribution >= 0.6 is 0 Å². The number of aliphatic carboxylic acids is 1. The van der Waals surface area contributed by atoms with Crippen LogP contribution in [0, 0.1) is 0 Å². The topological polar surface area (TPSA) is 146 Å². The number of ether oxygens (including phenoxy) is 1. The Labute approximate surface area is 238 Å². The number of H-pyrrole nitrogens is 1. The van der Waals surface area contributed by atoms with Crippen molar-refractivity contribution in [1.82, 2.24) is 20.2 Å². The molecule has 1 fully saturated rings. The number of alkyl halides is 3. The van der Waals surface area contributed by atoms with Gasteiger partial charge in [-0.2, -0.15) is 13.2 Å². The van der Waals surface area contributed by atoms with Crippen LogP contribution in [0.4, 0.5) is 13.2 Å². The number of nitrogens with zero attached hydrogens (tertiary/aromatic N) is 3. The molecule has 1 saturated heterocycles. The molecular weight excluding hydrogens is 559 g/mol. The summed E-state index contributed by atoms with van der Waals surface area (Å²) in [4.78, 5) is 48.2. The molecule has 0 aliphatic carbocycles. The molecule has 0 spiro atoms. The predicted molar refractivity (Wildman–Crippen MR) is 145 cm³/mol. The monoisotopic (exact) mass is 587 g/mol. The van der Waals surface area contributed by atoms with Gasteiger partial charge in [-0.05, 0) is 36.8 Å². The van der Waals surface area contributed by atoms with E-state index in [1.165, 1.54) is 0 Å². The Morgan fingerprint density at radius 1 is 1.14 bits per heavy atom. The minimum absolute atomic E-state index is 0.0423. The number of benzene rings is 1. The van der Waals surface area contributed by atoms with Crippen LogP contribution in [0.2, 0.25) is 0 Å². The van der Waals surface area contributed by atoms with E-state index in [1.54, 1.807) is 11.1 Å². The number of pyridine rings is 1. The van der Waals surface area contributed by atoms with Crippen LogP contribution in [0.25, 0.3) is 22.5 Å². The van der Waals surface area contributed by atoms with E-state index in [0.717, 1.165) is 40.2 Å². The molecule has 2 aliphatic rings. The molecule has 0 unspecified atom stereocenters. The highest BCUT2D eigenvalue weighted by Crippen LogP contribution is 2.27. The molecule has 3 aromatic rings. The number of fused-ring (bicyclic) bond motifs is 1. The van der Waals surface area contributed by atoms with Gasteiger partial charge in [0.15, 0.2) is 6.61 Å². The normalized spacial score (nSPS) is 15.2. The molecule has 42 heavy (non-hydrogen) atoms. The highest BCUT2D eigenvalue weighted by Gasteiger charge is 2.38. The van der Waals surface area contributed by atoms with Crippen LogP contribution in [0.5, 0.6) is 0 Å². The summed E-state index contributed by atoms with van der Waals surface area (Å²) >= 11 is 0. The predicted octanol–water partition coefficient (Wildman–Crippen LogP) is 3.26. The van der Waals surface area contributed by atoms with Crippen LogP contribution in [0.15, 0.2) is 53.8 Å². The number of aromatic amines is 1. The van der Waals surface area contributed by atoms with Gasteiger partial charge in [-0.1, -0.05) is 23.4 Å². The van der Waals surface area contributed by atoms with Crippen LogP contribution in [-0.2, 0) is 25.6 Å². The molecule has 0 saturated carbocycles. The molecule has 1 aromatic carbocycles. The van der Waals surface area contributed by atoms with Gasteiger partial charge in [0.25, 0.3) is 11.8 Å². The summed E-state index contributed by atoms with van der Waals surface area (Å²) in [6.07, 6.45) is -2.53. The summed E-state index contributed by atoms with van der Waals surface area (Å²) in [6.45, 7) is 4.66. The fourth-order valence-electron chi connectivity index (χ4n) is 4.25. The number of carboxylic acids is 1. The Hall–Kier alpha value is -4.72. The van der Waals surface area contributed by atoms with Gasteiger partial charge in [0.05, 0.1) is 30.2 Å². The lowest BCUT2D eigenvalue weighted by molar-refractivity contribution is -0.192. The Kier molecular flexibility index (Phi) is 9.57. The van der Waals surface area contributed by atoms with Crippen molar-refractivity contribution in [1.29, 1.82) is 0 Å². The first-order valence-corrected chi connectivity index (χ1v) is 12.9. The zero-order chi connectivity index (χ0) is 30.3. The third-order valence-electron chi connectivity index (χ3n) is 6.45. The van der Waals surface area contributed by atoms with E-state index >= 15 is 0 Å². The molecule has 2 aromatic heterocycles. The lowest BCUT2D eigenvalue weighted by Crippen LogP contribution is -2.42. The smallest absolute Gasteiger partial charge is 0.475 e. The number of rotatable bonds is 6. The summed E-state index contributed by atoms with van der Waals surface area (Å²) < 4.78 is 37.0. The minimum atomic E-state index is -5.08. The number of aromatic nitrogens is 2. The van der Waals surface area contributed by atoms with Crippen molar-refractivity contribution in [2.24, 2.45) is 5.16 Å². The Balaban J connectivity index is 0.000000517. The van der Waals surface area contributed by atoms with Gasteiger partial charge in [0.2, 0.25) is 0 Å². The second-order valence-corrected chi connectivity index (χ2v) is 9.34. The first-order chi connectivity index (χ1) is 20.0. The first-order valence-electron chi connectivity index (χ1n) is 12.9. The molecule has 0 bridgehead atoms. The lowest BCUT2D eigenvalue weighted by Gasteiger charge is -2.26. The van der Waals surface area contributed by atoms with E-state index in [0.29, 0.717) is 44.1 Å². The number of nitrogens with one attached hydrogen (secondary N) is 2. The Bertz CT molecular complexity index is 1480. The average molecular weight is 588 g/mol. The molecular formula is C28H28F3N5O6. The number of halogens is 3. The van der Waals surface area contributed by atoms with E-state index in [2.05, 4.69) is 20.4 Å². The SMILES string of the molecule is C/C(=N\OCC(=O)N1CCOCC1)c1cccc(-c2cc(-c3cc4c([nH]3)CCNC4=O)ccn2)c1.O=C(O)C(F)(F)F. The molecule has 11 nitrogen and oxygen atoms in total. The molecule has 2 amide bonds. The summed E-state index contributed by atoms with van der Waals surface area (Å²) in [5.41, 5.74) is 6.78. The number of carboxylic acid groups (broad SMARTS) is 1. The number of oxime groups is 1. The largest absolute Gasteiger partial charge is 0.490 e. The number of hydrogen-bond donors (Lipinski definition) is 3. The molecule has 3 N–H and O–H groups in total. The van der Waals surface area contributed by atoms with Crippen molar-refractivity contribution >= 4 is 23.5 Å². The Morgan fingerprint density at radius 2 is 1.88 bits per heavy atom. The van der Waals surface area contributed by atoms with Crippen molar-refractivity contribution in [2.75, 3.05) is 39.5 Å². The molecule has 14 heteroatoms. The average Bonchev–Trinajstić information content (AvgIpc) is 3.43. The van der Waals surface area contributed by atoms with Crippen LogP contribution in [0.3, 0.4) is 0 Å². The Morgan fingerprint density at radius 3 is 2.57 bits per heavy atom. The standard InChI is InChI=1S/C26H27N5O4.C2HF3O2/c1-17(30-35-16-25(32)31-9-11-34-12-10-31)18-3-2-4-19(13-18)23-14-20(5-7-27-23)24-15-21-22(29-24)6-8-28-26(21)33;3-2(4,5)1(6)7/h2-5,7,13-15,29H,6,8-12,16H2,1H3,(H,28,33);(H,6,7)/b30-17+;. The summed E-state index contributed by atoms with van der Waals surface area (Å²) in [5, 5.41) is 14.1. The van der Waals surface area contributed by atoms with E-state index in [1.807, 2.05) is 49.4 Å². The molecule has 222 valence electrons. The van der Waals surface area contributed by atoms with Gasteiger partial charge in [-0.15, -0.1) is 0 Å². The molecule has 2 aliphatic heterocycles. The zero-order valence-corrected chi connectivity index (χ0v) is 22.5. The highest BCUT2D eigenvalue weighted by atomic mass is 19.4. The maximum Gasteiger partial charge on any atom is 0.490 e. The molecule has 0 atom stereocenters. The van der Waals surface area contributed by atoms with E-state index in [-0.39, 0.29) is 18.4 Å². The second-order valence-electron chi connectivity index (χ2n) is 9.34. The number of carbonyl (C=O) groups is 3. The lowest BCUT2D eigenvalue weighted by atomic mass is 10.0. The van der Waals surface area contributed by atoms with Gasteiger partial charge in [-0.3, -0.25) is 14.6 Å². The van der Waals surface area contributed by atoms with Gasteiger partial charge >= 0.3 is 12.1 Å². The van der Waals surface area contributed by atoms with E-state index in [9.17, 15) is 22.8 Å². The maximum absolute atomic E-state index is 12.2. The van der Waals surface area contributed by atoms with Gasteiger partial charge in [0.1, 0.15) is 0 Å². The van der Waals surface area contributed by atoms with Crippen LogP contribution < -0.4 is 5.32 Å². The zero-order valence-electron chi connectivity index (χ0n) is 22.5. The van der Waals surface area contributed by atoms with Crippen molar-refractivity contribution in [3.8, 4) is 22.5 Å². The van der Waals surface area contributed by atoms with Crippen LogP contribution in [-0.4, -0.2) is 89.1 Å². The number of morpholine rings is 1. The van der Waals surface area contributed by atoms with Crippen molar-refractivity contribution in [2.45, 2.75) is 19.5 Å². The summed E-state index contributed by atoms with van der Waals surface area (Å²) in [6, 6.07) is 13.7. The summed E-state index contributed by atoms with van der Waals surface area (Å²) in [5.74, 6) is -2.89. The van der Waals surface area contributed by atoms with Crippen molar-refractivity contribution in [3.05, 3.63) is 65.5 Å². The van der Waals surface area contributed by atoms with E-state index < -0.39 is 12.1 Å². The highest BCUT2D eigenvalue weighted by molar-refractivity contribution is 5.99. The van der Waals surface area contributed by atoms with Crippen LogP contribution in [0.1, 0.15) is 28.5 Å². The quantitative estimate of drug-likeness (QED) is 0.296. The minimum Gasteiger partial charge on any atom is -0.475 e. The fourth-order valence-corrected chi connectivity index (χ4v) is 4.25. The number of amides is 2. The second kappa shape index (κ2) is 13.3. The third kappa shape index (κ3) is 7.72. The maximum atomic E-state index is 12.2. The first kappa shape index (κ1) is 30.2. The fraction of sp³-hybridized carbons (Fsp3) is 0.321. The molecule has 0 radical (unpaired) electrons. The third-order valence-corrected chi connectivity index (χ3v) is 6.45. The van der Waals surface area contributed by atoms with Crippen molar-refractivity contribution in [3.63, 3.8) is 0 Å². The van der Waals surface area contributed by atoms with Gasteiger partial charge in [-0.25, -0.2) is 4.79 Å². The number of hydrogen-bond acceptors (Lipinski definition) is 7. The molecule has 4 heterocycles. The van der Waals surface area contributed by atoms with E-state index in [4.69, 9.17) is 19.5 Å². The van der Waals surface area contributed by atoms with Gasteiger partial charge < -0.3 is 29.9 Å². The van der Waals surface area contributed by atoms with Gasteiger partial charge in [0, 0.05) is 54.8 Å². The summed E-state index contributed by atoms with van der Waals surface area (Å²) in [7, 11) is 0.